The van der Waals surface area contributed by atoms with Gasteiger partial charge in [0.15, 0.2) is 0 Å². The maximum absolute atomic E-state index is 8.91. The first-order chi connectivity index (χ1) is 8.12. The summed E-state index contributed by atoms with van der Waals surface area (Å²) in [6.45, 7) is 5.26. The molecule has 1 rings (SSSR count). The molecule has 0 aliphatic carbocycles. The molecule has 0 N–H and O–H groups in total. The second-order valence-corrected chi connectivity index (χ2v) is 4.32. The van der Waals surface area contributed by atoms with E-state index in [1.54, 1.807) is 7.11 Å². The van der Waals surface area contributed by atoms with Crippen molar-refractivity contribution in [3.63, 3.8) is 0 Å². The maximum atomic E-state index is 8.91. The van der Waals surface area contributed by atoms with Gasteiger partial charge >= 0.3 is 0 Å². The molecular formula is C14H20N2O. The standard InChI is InChI=1S/C14H20N2O/c1-5-11(2)16(3)10-12-6-7-13(9-15)14(8-12)17-4/h6-8,11H,5,10H2,1-4H3. The normalized spacial score (nSPS) is 12.2. The number of methoxy groups -OCH3 is 1. The van der Waals surface area contributed by atoms with Crippen molar-refractivity contribution in [1.29, 1.82) is 5.26 Å². The Morgan fingerprint density at radius 3 is 2.71 bits per heavy atom. The van der Waals surface area contributed by atoms with E-state index in [1.807, 2.05) is 18.2 Å². The number of hydrogen-bond donors (Lipinski definition) is 0. The number of nitrogens with zero attached hydrogens (tertiary/aromatic N) is 2. The highest BCUT2D eigenvalue weighted by Gasteiger charge is 2.09. The molecule has 0 heterocycles. The Hall–Kier alpha value is -1.53. The van der Waals surface area contributed by atoms with Crippen molar-refractivity contribution < 1.29 is 4.74 Å². The lowest BCUT2D eigenvalue weighted by molar-refractivity contribution is 0.243. The Kier molecular flexibility index (Phi) is 4.99. The lowest BCUT2D eigenvalue weighted by Gasteiger charge is -2.23. The summed E-state index contributed by atoms with van der Waals surface area (Å²) in [5, 5.41) is 8.91. The third-order valence-electron chi connectivity index (χ3n) is 3.16. The van der Waals surface area contributed by atoms with E-state index in [0.29, 0.717) is 17.4 Å². The molecule has 0 aromatic heterocycles. The largest absolute Gasteiger partial charge is 0.495 e. The first kappa shape index (κ1) is 13.5. The molecule has 0 fully saturated rings. The topological polar surface area (TPSA) is 36.3 Å². The highest BCUT2D eigenvalue weighted by Crippen LogP contribution is 2.20. The van der Waals surface area contributed by atoms with Crippen molar-refractivity contribution in [1.82, 2.24) is 4.90 Å². The second kappa shape index (κ2) is 6.27. The molecule has 0 radical (unpaired) electrons. The van der Waals surface area contributed by atoms with Crippen LogP contribution in [0.15, 0.2) is 18.2 Å². The SMILES string of the molecule is CCC(C)N(C)Cc1ccc(C#N)c(OC)c1. The van der Waals surface area contributed by atoms with E-state index in [-0.39, 0.29) is 0 Å². The van der Waals surface area contributed by atoms with Crippen LogP contribution >= 0.6 is 0 Å². The third-order valence-corrected chi connectivity index (χ3v) is 3.16. The smallest absolute Gasteiger partial charge is 0.136 e. The Labute approximate surface area is 104 Å². The molecule has 0 spiro atoms. The van der Waals surface area contributed by atoms with Crippen LogP contribution in [0.3, 0.4) is 0 Å². The van der Waals surface area contributed by atoms with E-state index in [9.17, 15) is 0 Å². The van der Waals surface area contributed by atoms with Crippen molar-refractivity contribution in [3.8, 4) is 11.8 Å². The van der Waals surface area contributed by atoms with Crippen LogP contribution in [0.4, 0.5) is 0 Å². The Bertz CT molecular complexity index is 409. The van der Waals surface area contributed by atoms with Crippen molar-refractivity contribution >= 4 is 0 Å². The minimum atomic E-state index is 0.552. The Morgan fingerprint density at radius 2 is 2.18 bits per heavy atom. The molecule has 1 aromatic carbocycles. The average Bonchev–Trinajstić information content (AvgIpc) is 2.37. The number of ether oxygens (including phenoxy) is 1. The minimum Gasteiger partial charge on any atom is -0.495 e. The van der Waals surface area contributed by atoms with E-state index in [0.717, 1.165) is 13.0 Å². The Morgan fingerprint density at radius 1 is 1.47 bits per heavy atom. The summed E-state index contributed by atoms with van der Waals surface area (Å²) in [7, 11) is 3.71. The van der Waals surface area contributed by atoms with Gasteiger partial charge in [0, 0.05) is 12.6 Å². The van der Waals surface area contributed by atoms with Crippen LogP contribution in [0, 0.1) is 11.3 Å². The Balaban J connectivity index is 2.83. The molecule has 1 aromatic rings. The fourth-order valence-electron chi connectivity index (χ4n) is 1.68. The number of rotatable bonds is 5. The second-order valence-electron chi connectivity index (χ2n) is 4.32. The molecule has 1 atom stereocenters. The van der Waals surface area contributed by atoms with Crippen molar-refractivity contribution in [2.24, 2.45) is 0 Å². The fourth-order valence-corrected chi connectivity index (χ4v) is 1.68. The van der Waals surface area contributed by atoms with Gasteiger partial charge in [0.1, 0.15) is 11.8 Å². The predicted octanol–water partition coefficient (Wildman–Crippen LogP) is 2.80. The van der Waals surface area contributed by atoms with Gasteiger partial charge < -0.3 is 4.74 Å². The third kappa shape index (κ3) is 3.47. The summed E-state index contributed by atoms with van der Waals surface area (Å²) in [5.41, 5.74) is 1.76. The molecule has 17 heavy (non-hydrogen) atoms. The molecule has 0 saturated heterocycles. The van der Waals surface area contributed by atoms with Crippen LogP contribution in [0.2, 0.25) is 0 Å². The van der Waals surface area contributed by atoms with Crippen LogP contribution in [-0.2, 0) is 6.54 Å². The predicted molar refractivity (Wildman–Crippen MR) is 68.9 cm³/mol. The molecule has 3 nitrogen and oxygen atoms in total. The van der Waals surface area contributed by atoms with Gasteiger partial charge in [-0.2, -0.15) is 5.26 Å². The monoisotopic (exact) mass is 232 g/mol. The first-order valence-electron chi connectivity index (χ1n) is 5.89. The minimum absolute atomic E-state index is 0.552. The quantitative estimate of drug-likeness (QED) is 0.783. The van der Waals surface area contributed by atoms with Crippen LogP contribution < -0.4 is 4.74 Å². The van der Waals surface area contributed by atoms with Crippen LogP contribution in [0.25, 0.3) is 0 Å². The lowest BCUT2D eigenvalue weighted by atomic mass is 10.1. The highest BCUT2D eigenvalue weighted by atomic mass is 16.5. The van der Waals surface area contributed by atoms with Gasteiger partial charge in [-0.3, -0.25) is 4.90 Å². The van der Waals surface area contributed by atoms with Crippen LogP contribution in [0.1, 0.15) is 31.4 Å². The lowest BCUT2D eigenvalue weighted by Crippen LogP contribution is -2.27. The van der Waals surface area contributed by atoms with Gasteiger partial charge in [-0.25, -0.2) is 0 Å². The molecule has 3 heteroatoms. The number of nitriles is 1. The van der Waals surface area contributed by atoms with Crippen LogP contribution in [-0.4, -0.2) is 25.1 Å². The molecule has 0 saturated carbocycles. The zero-order chi connectivity index (χ0) is 12.8. The van der Waals surface area contributed by atoms with Crippen LogP contribution in [0.5, 0.6) is 5.75 Å². The molecule has 0 amide bonds. The molecule has 0 aliphatic rings. The van der Waals surface area contributed by atoms with E-state index in [4.69, 9.17) is 10.00 Å². The van der Waals surface area contributed by atoms with E-state index in [1.165, 1.54) is 5.56 Å². The van der Waals surface area contributed by atoms with E-state index >= 15 is 0 Å². The average molecular weight is 232 g/mol. The molecule has 92 valence electrons. The summed E-state index contributed by atoms with van der Waals surface area (Å²) < 4.78 is 5.20. The van der Waals surface area contributed by atoms with Crippen molar-refractivity contribution in [3.05, 3.63) is 29.3 Å². The fraction of sp³-hybridized carbons (Fsp3) is 0.500. The number of benzene rings is 1. The summed E-state index contributed by atoms with van der Waals surface area (Å²) >= 11 is 0. The van der Waals surface area contributed by atoms with Gasteiger partial charge in [-0.1, -0.05) is 13.0 Å². The van der Waals surface area contributed by atoms with Gasteiger partial charge in [0.05, 0.1) is 12.7 Å². The molecule has 1 unspecified atom stereocenters. The van der Waals surface area contributed by atoms with Crippen molar-refractivity contribution in [2.75, 3.05) is 14.2 Å². The summed E-state index contributed by atoms with van der Waals surface area (Å²) in [6.07, 6.45) is 1.13. The van der Waals surface area contributed by atoms with Gasteiger partial charge in [0.2, 0.25) is 0 Å². The summed E-state index contributed by atoms with van der Waals surface area (Å²) in [5.74, 6) is 0.655. The van der Waals surface area contributed by atoms with E-state index < -0.39 is 0 Å². The van der Waals surface area contributed by atoms with Crippen molar-refractivity contribution in [2.45, 2.75) is 32.9 Å². The number of hydrogen-bond acceptors (Lipinski definition) is 3. The highest BCUT2D eigenvalue weighted by molar-refractivity contribution is 5.45. The van der Waals surface area contributed by atoms with Gasteiger partial charge in [0.25, 0.3) is 0 Å². The van der Waals surface area contributed by atoms with Gasteiger partial charge in [-0.05, 0) is 38.1 Å². The zero-order valence-corrected chi connectivity index (χ0v) is 11.0. The molecule has 0 bridgehead atoms. The summed E-state index contributed by atoms with van der Waals surface area (Å²) in [6, 6.07) is 8.42. The molecule has 0 aliphatic heterocycles. The summed E-state index contributed by atoms with van der Waals surface area (Å²) in [4.78, 5) is 2.29. The first-order valence-corrected chi connectivity index (χ1v) is 5.89. The van der Waals surface area contributed by atoms with E-state index in [2.05, 4.69) is 31.9 Å². The molecular weight excluding hydrogens is 212 g/mol. The van der Waals surface area contributed by atoms with Gasteiger partial charge in [-0.15, -0.1) is 0 Å². The maximum Gasteiger partial charge on any atom is 0.136 e. The zero-order valence-electron chi connectivity index (χ0n) is 11.0.